The Balaban J connectivity index is 2.22. The Hall–Kier alpha value is -1.71. The maximum absolute atomic E-state index is 12.2. The van der Waals surface area contributed by atoms with Gasteiger partial charge in [0.25, 0.3) is 0 Å². The monoisotopic (exact) mass is 264 g/mol. The molecule has 1 aliphatic carbocycles. The molecule has 4 nitrogen and oxygen atoms in total. The third kappa shape index (κ3) is 3.19. The van der Waals surface area contributed by atoms with Gasteiger partial charge in [-0.1, -0.05) is 12.8 Å². The maximum Gasteiger partial charge on any atom is 0.166 e. The second-order valence-electron chi connectivity index (χ2n) is 4.81. The van der Waals surface area contributed by atoms with Gasteiger partial charge < -0.3 is 14.2 Å². The average Bonchev–Trinajstić information content (AvgIpc) is 3.27. The van der Waals surface area contributed by atoms with Gasteiger partial charge in [0, 0.05) is 12.5 Å². The second kappa shape index (κ2) is 5.95. The summed E-state index contributed by atoms with van der Waals surface area (Å²) in [5.41, 5.74) is 0.570. The number of hydrogen-bond acceptors (Lipinski definition) is 4. The minimum absolute atomic E-state index is 0.102. The van der Waals surface area contributed by atoms with Gasteiger partial charge in [-0.05, 0) is 18.4 Å². The maximum atomic E-state index is 12.2. The van der Waals surface area contributed by atoms with E-state index in [1.807, 2.05) is 0 Å². The number of hydrogen-bond donors (Lipinski definition) is 0. The molecule has 0 unspecified atom stereocenters. The van der Waals surface area contributed by atoms with E-state index in [0.29, 0.717) is 29.2 Å². The molecule has 1 saturated carbocycles. The molecule has 1 aromatic carbocycles. The Morgan fingerprint density at radius 2 is 1.63 bits per heavy atom. The van der Waals surface area contributed by atoms with E-state index in [2.05, 4.69) is 0 Å². The minimum Gasteiger partial charge on any atom is -0.496 e. The van der Waals surface area contributed by atoms with Gasteiger partial charge in [0.2, 0.25) is 0 Å². The number of ether oxygens (including phenoxy) is 3. The first-order chi connectivity index (χ1) is 9.19. The first-order valence-electron chi connectivity index (χ1n) is 6.52. The zero-order valence-corrected chi connectivity index (χ0v) is 11.7. The van der Waals surface area contributed by atoms with Crippen LogP contribution in [0.25, 0.3) is 0 Å². The summed E-state index contributed by atoms with van der Waals surface area (Å²) in [5, 5.41) is 0. The normalized spacial score (nSPS) is 14.1. The van der Waals surface area contributed by atoms with Gasteiger partial charge in [0.1, 0.15) is 5.75 Å². The van der Waals surface area contributed by atoms with E-state index in [1.54, 1.807) is 33.5 Å². The molecule has 0 aromatic heterocycles. The van der Waals surface area contributed by atoms with Crippen LogP contribution in [0.4, 0.5) is 0 Å². The summed E-state index contributed by atoms with van der Waals surface area (Å²) in [6, 6.07) is 3.40. The highest BCUT2D eigenvalue weighted by Crippen LogP contribution is 2.37. The molecular formula is C15H20O4. The molecule has 0 amide bonds. The number of carbonyl (C=O) groups excluding carboxylic acids is 1. The van der Waals surface area contributed by atoms with E-state index in [9.17, 15) is 4.79 Å². The molecule has 1 aromatic rings. The van der Waals surface area contributed by atoms with Crippen molar-refractivity contribution in [3.05, 3.63) is 17.7 Å². The van der Waals surface area contributed by atoms with Crippen LogP contribution in [0, 0.1) is 5.92 Å². The number of benzene rings is 1. The Kier molecular flexibility index (Phi) is 4.30. The van der Waals surface area contributed by atoms with Gasteiger partial charge in [-0.3, -0.25) is 4.79 Å². The summed E-state index contributed by atoms with van der Waals surface area (Å²) in [5.74, 6) is 2.51. The summed E-state index contributed by atoms with van der Waals surface area (Å²) >= 11 is 0. The molecule has 0 radical (unpaired) electrons. The third-order valence-corrected chi connectivity index (χ3v) is 3.48. The molecule has 1 fully saturated rings. The molecule has 0 aliphatic heterocycles. The van der Waals surface area contributed by atoms with Crippen LogP contribution in [-0.4, -0.2) is 27.1 Å². The van der Waals surface area contributed by atoms with Crippen LogP contribution in [0.3, 0.4) is 0 Å². The van der Waals surface area contributed by atoms with E-state index in [1.165, 1.54) is 12.8 Å². The van der Waals surface area contributed by atoms with E-state index in [-0.39, 0.29) is 5.78 Å². The number of ketones is 1. The zero-order chi connectivity index (χ0) is 13.8. The van der Waals surface area contributed by atoms with E-state index in [0.717, 1.165) is 12.3 Å². The predicted octanol–water partition coefficient (Wildman–Crippen LogP) is 3.09. The Bertz CT molecular complexity index is 463. The number of rotatable bonds is 7. The summed E-state index contributed by atoms with van der Waals surface area (Å²) in [6.07, 6.45) is 4.06. The molecular weight excluding hydrogens is 244 g/mol. The SMILES string of the molecule is COc1cc(OC)c(C(=O)CCC2CC2)cc1OC. The van der Waals surface area contributed by atoms with Gasteiger partial charge in [0.15, 0.2) is 17.3 Å². The minimum atomic E-state index is 0.102. The number of methoxy groups -OCH3 is 3. The van der Waals surface area contributed by atoms with Crippen molar-refractivity contribution in [1.29, 1.82) is 0 Å². The van der Waals surface area contributed by atoms with E-state index in [4.69, 9.17) is 14.2 Å². The lowest BCUT2D eigenvalue weighted by atomic mass is 10.0. The van der Waals surface area contributed by atoms with Gasteiger partial charge in [-0.25, -0.2) is 0 Å². The lowest BCUT2D eigenvalue weighted by molar-refractivity contribution is 0.0974. The van der Waals surface area contributed by atoms with Crippen molar-refractivity contribution in [3.63, 3.8) is 0 Å². The van der Waals surface area contributed by atoms with E-state index >= 15 is 0 Å². The smallest absolute Gasteiger partial charge is 0.166 e. The molecule has 0 saturated heterocycles. The lowest BCUT2D eigenvalue weighted by Gasteiger charge is -2.13. The van der Waals surface area contributed by atoms with Gasteiger partial charge in [-0.2, -0.15) is 0 Å². The fraction of sp³-hybridized carbons (Fsp3) is 0.533. The molecule has 0 heterocycles. The molecule has 104 valence electrons. The molecule has 0 N–H and O–H groups in total. The van der Waals surface area contributed by atoms with Crippen molar-refractivity contribution in [3.8, 4) is 17.2 Å². The van der Waals surface area contributed by atoms with Crippen LogP contribution >= 0.6 is 0 Å². The predicted molar refractivity (Wildman–Crippen MR) is 72.4 cm³/mol. The molecule has 0 spiro atoms. The zero-order valence-electron chi connectivity index (χ0n) is 11.7. The van der Waals surface area contributed by atoms with Crippen molar-refractivity contribution in [1.82, 2.24) is 0 Å². The fourth-order valence-corrected chi connectivity index (χ4v) is 2.12. The summed E-state index contributed by atoms with van der Waals surface area (Å²) in [6.45, 7) is 0. The highest BCUT2D eigenvalue weighted by atomic mass is 16.5. The van der Waals surface area contributed by atoms with Crippen molar-refractivity contribution in [2.24, 2.45) is 5.92 Å². The summed E-state index contributed by atoms with van der Waals surface area (Å²) < 4.78 is 15.7. The Morgan fingerprint density at radius 1 is 1.05 bits per heavy atom. The van der Waals surface area contributed by atoms with Crippen LogP contribution < -0.4 is 14.2 Å². The van der Waals surface area contributed by atoms with Crippen LogP contribution in [0.5, 0.6) is 17.2 Å². The van der Waals surface area contributed by atoms with Crippen LogP contribution in [0.1, 0.15) is 36.0 Å². The summed E-state index contributed by atoms with van der Waals surface area (Å²) in [7, 11) is 4.67. The molecule has 19 heavy (non-hydrogen) atoms. The van der Waals surface area contributed by atoms with Gasteiger partial charge in [-0.15, -0.1) is 0 Å². The van der Waals surface area contributed by atoms with Gasteiger partial charge >= 0.3 is 0 Å². The molecule has 2 rings (SSSR count). The second-order valence-corrected chi connectivity index (χ2v) is 4.81. The molecule has 4 heteroatoms. The highest BCUT2D eigenvalue weighted by Gasteiger charge is 2.24. The van der Waals surface area contributed by atoms with Crippen LogP contribution in [0.2, 0.25) is 0 Å². The molecule has 1 aliphatic rings. The van der Waals surface area contributed by atoms with Crippen molar-refractivity contribution < 1.29 is 19.0 Å². The van der Waals surface area contributed by atoms with Crippen LogP contribution in [-0.2, 0) is 0 Å². The first-order valence-corrected chi connectivity index (χ1v) is 6.52. The molecule has 0 bridgehead atoms. The van der Waals surface area contributed by atoms with Crippen molar-refractivity contribution in [2.45, 2.75) is 25.7 Å². The largest absolute Gasteiger partial charge is 0.496 e. The fourth-order valence-electron chi connectivity index (χ4n) is 2.12. The van der Waals surface area contributed by atoms with Crippen LogP contribution in [0.15, 0.2) is 12.1 Å². The number of Topliss-reactive ketones (excluding diaryl/α,β-unsaturated/α-hetero) is 1. The summed E-state index contributed by atoms with van der Waals surface area (Å²) in [4.78, 5) is 12.2. The average molecular weight is 264 g/mol. The van der Waals surface area contributed by atoms with Crippen molar-refractivity contribution in [2.75, 3.05) is 21.3 Å². The highest BCUT2D eigenvalue weighted by molar-refractivity contribution is 5.99. The standard InChI is InChI=1S/C15H20O4/c1-17-13-9-15(19-3)14(18-2)8-11(13)12(16)7-6-10-4-5-10/h8-10H,4-7H2,1-3H3. The van der Waals surface area contributed by atoms with Gasteiger partial charge in [0.05, 0.1) is 26.9 Å². The Labute approximate surface area is 113 Å². The van der Waals surface area contributed by atoms with E-state index < -0.39 is 0 Å². The first kappa shape index (κ1) is 13.7. The lowest BCUT2D eigenvalue weighted by Crippen LogP contribution is -2.04. The third-order valence-electron chi connectivity index (χ3n) is 3.48. The Morgan fingerprint density at radius 3 is 2.16 bits per heavy atom. The topological polar surface area (TPSA) is 44.8 Å². The number of carbonyl (C=O) groups is 1. The van der Waals surface area contributed by atoms with Crippen molar-refractivity contribution >= 4 is 5.78 Å². The quantitative estimate of drug-likeness (QED) is 0.710. The molecule has 0 atom stereocenters.